The van der Waals surface area contributed by atoms with Crippen LogP contribution in [0.2, 0.25) is 0 Å². The van der Waals surface area contributed by atoms with E-state index in [9.17, 15) is 14.4 Å². The second-order valence-corrected chi connectivity index (χ2v) is 7.19. The van der Waals surface area contributed by atoms with E-state index >= 15 is 0 Å². The summed E-state index contributed by atoms with van der Waals surface area (Å²) in [6.07, 6.45) is 1.44. The van der Waals surface area contributed by atoms with Gasteiger partial charge in [0.05, 0.1) is 5.56 Å². The average Bonchev–Trinajstić information content (AvgIpc) is 3.22. The highest BCUT2D eigenvalue weighted by molar-refractivity contribution is 7.08. The van der Waals surface area contributed by atoms with Crippen LogP contribution in [-0.2, 0) is 6.54 Å². The van der Waals surface area contributed by atoms with E-state index in [0.717, 1.165) is 18.4 Å². The molecule has 2 heterocycles. The molecule has 1 aromatic carbocycles. The van der Waals surface area contributed by atoms with Crippen molar-refractivity contribution in [3.05, 3.63) is 57.8 Å². The minimum Gasteiger partial charge on any atom is -0.478 e. The fourth-order valence-corrected chi connectivity index (χ4v) is 3.58. The Morgan fingerprint density at radius 1 is 1.07 bits per heavy atom. The Labute approximate surface area is 161 Å². The van der Waals surface area contributed by atoms with Crippen LogP contribution in [0.4, 0.5) is 4.79 Å². The molecule has 7 nitrogen and oxygen atoms in total. The first-order valence-electron chi connectivity index (χ1n) is 8.71. The van der Waals surface area contributed by atoms with Crippen LogP contribution in [0.25, 0.3) is 0 Å². The molecule has 1 aliphatic rings. The maximum Gasteiger partial charge on any atom is 0.335 e. The summed E-state index contributed by atoms with van der Waals surface area (Å²) in [4.78, 5) is 37.0. The number of rotatable bonds is 5. The van der Waals surface area contributed by atoms with Gasteiger partial charge in [0.15, 0.2) is 0 Å². The van der Waals surface area contributed by atoms with Crippen molar-refractivity contribution in [2.24, 2.45) is 0 Å². The molecule has 0 aliphatic carbocycles. The van der Waals surface area contributed by atoms with Crippen LogP contribution in [0.1, 0.15) is 39.1 Å². The zero-order valence-corrected chi connectivity index (χ0v) is 15.5. The minimum atomic E-state index is -0.973. The monoisotopic (exact) mass is 387 g/mol. The van der Waals surface area contributed by atoms with Gasteiger partial charge in [-0.3, -0.25) is 4.79 Å². The number of urea groups is 1. The number of nitrogens with zero attached hydrogens (tertiary/aromatic N) is 1. The molecule has 3 N–H and O–H groups in total. The molecular weight excluding hydrogens is 366 g/mol. The third-order valence-electron chi connectivity index (χ3n) is 4.55. The summed E-state index contributed by atoms with van der Waals surface area (Å²) in [5.74, 6) is -1.04. The zero-order chi connectivity index (χ0) is 19.2. The fourth-order valence-electron chi connectivity index (χ4n) is 2.94. The van der Waals surface area contributed by atoms with E-state index in [1.165, 1.54) is 23.5 Å². The van der Waals surface area contributed by atoms with Crippen LogP contribution < -0.4 is 10.6 Å². The van der Waals surface area contributed by atoms with E-state index in [2.05, 4.69) is 10.6 Å². The maximum absolute atomic E-state index is 12.3. The molecular formula is C19H21N3O4S. The Morgan fingerprint density at radius 2 is 1.78 bits per heavy atom. The number of nitrogens with one attached hydrogen (secondary N) is 2. The molecule has 0 spiro atoms. The molecule has 0 atom stereocenters. The lowest BCUT2D eigenvalue weighted by Crippen LogP contribution is -2.49. The Bertz CT molecular complexity index is 797. The largest absolute Gasteiger partial charge is 0.478 e. The number of benzene rings is 1. The van der Waals surface area contributed by atoms with Gasteiger partial charge in [-0.05, 0) is 42.0 Å². The number of piperidine rings is 1. The van der Waals surface area contributed by atoms with Crippen molar-refractivity contribution in [2.45, 2.75) is 25.4 Å². The lowest BCUT2D eigenvalue weighted by Gasteiger charge is -2.32. The molecule has 0 saturated carbocycles. The van der Waals surface area contributed by atoms with Crippen LogP contribution in [0.3, 0.4) is 0 Å². The van der Waals surface area contributed by atoms with Gasteiger partial charge in [0.1, 0.15) is 0 Å². The van der Waals surface area contributed by atoms with Crippen molar-refractivity contribution in [3.63, 3.8) is 0 Å². The predicted molar refractivity (Wildman–Crippen MR) is 102 cm³/mol. The van der Waals surface area contributed by atoms with Crippen LogP contribution >= 0.6 is 11.3 Å². The van der Waals surface area contributed by atoms with Gasteiger partial charge in [0.25, 0.3) is 5.91 Å². The molecule has 1 aromatic heterocycles. The van der Waals surface area contributed by atoms with Crippen LogP contribution in [0.15, 0.2) is 41.1 Å². The SMILES string of the molecule is O=C(O)c1ccc(CNC(=O)N2CCC(NC(=O)c3ccsc3)CC2)cc1. The second kappa shape index (κ2) is 8.68. The van der Waals surface area contributed by atoms with Gasteiger partial charge in [-0.15, -0.1) is 0 Å². The van der Waals surface area contributed by atoms with Gasteiger partial charge in [0.2, 0.25) is 0 Å². The van der Waals surface area contributed by atoms with E-state index in [4.69, 9.17) is 5.11 Å². The molecule has 3 rings (SSSR count). The molecule has 0 bridgehead atoms. The Kier molecular flexibility index (Phi) is 6.08. The highest BCUT2D eigenvalue weighted by Gasteiger charge is 2.24. The van der Waals surface area contributed by atoms with Crippen molar-refractivity contribution < 1.29 is 19.5 Å². The van der Waals surface area contributed by atoms with Gasteiger partial charge in [-0.25, -0.2) is 9.59 Å². The Morgan fingerprint density at radius 3 is 2.37 bits per heavy atom. The summed E-state index contributed by atoms with van der Waals surface area (Å²) in [5.41, 5.74) is 1.73. The summed E-state index contributed by atoms with van der Waals surface area (Å²) in [5, 5.41) is 18.4. The number of amides is 3. The first kappa shape index (κ1) is 18.9. The molecule has 27 heavy (non-hydrogen) atoms. The summed E-state index contributed by atoms with van der Waals surface area (Å²) in [7, 11) is 0. The molecule has 0 radical (unpaired) electrons. The van der Waals surface area contributed by atoms with Gasteiger partial charge in [0, 0.05) is 36.6 Å². The fraction of sp³-hybridized carbons (Fsp3) is 0.316. The van der Waals surface area contributed by atoms with E-state index in [-0.39, 0.29) is 23.5 Å². The van der Waals surface area contributed by atoms with Crippen LogP contribution in [0, 0.1) is 0 Å². The summed E-state index contributed by atoms with van der Waals surface area (Å²) in [6, 6.07) is 8.14. The Hall–Kier alpha value is -2.87. The number of hydrogen-bond acceptors (Lipinski definition) is 4. The number of likely N-dealkylation sites (tertiary alicyclic amines) is 1. The summed E-state index contributed by atoms with van der Waals surface area (Å²) < 4.78 is 0. The van der Waals surface area contributed by atoms with Crippen molar-refractivity contribution >= 4 is 29.2 Å². The number of carbonyl (C=O) groups is 3. The Balaban J connectivity index is 1.41. The molecule has 1 aliphatic heterocycles. The number of hydrogen-bond donors (Lipinski definition) is 3. The number of thiophene rings is 1. The topological polar surface area (TPSA) is 98.7 Å². The van der Waals surface area contributed by atoms with Gasteiger partial charge in [-0.1, -0.05) is 12.1 Å². The van der Waals surface area contributed by atoms with Crippen molar-refractivity contribution in [1.82, 2.24) is 15.5 Å². The summed E-state index contributed by atoms with van der Waals surface area (Å²) >= 11 is 1.49. The van der Waals surface area contributed by atoms with E-state index < -0.39 is 5.97 Å². The van der Waals surface area contributed by atoms with E-state index in [1.807, 2.05) is 10.8 Å². The van der Waals surface area contributed by atoms with E-state index in [1.54, 1.807) is 23.1 Å². The quantitative estimate of drug-likeness (QED) is 0.734. The normalized spacial score (nSPS) is 14.6. The van der Waals surface area contributed by atoms with Crippen molar-refractivity contribution in [1.29, 1.82) is 0 Å². The average molecular weight is 387 g/mol. The van der Waals surface area contributed by atoms with Crippen LogP contribution in [0.5, 0.6) is 0 Å². The highest BCUT2D eigenvalue weighted by atomic mass is 32.1. The first-order valence-corrected chi connectivity index (χ1v) is 9.65. The number of carboxylic acid groups (broad SMARTS) is 1. The molecule has 3 amide bonds. The molecule has 8 heteroatoms. The lowest BCUT2D eigenvalue weighted by atomic mass is 10.0. The lowest BCUT2D eigenvalue weighted by molar-refractivity contribution is 0.0696. The molecule has 1 saturated heterocycles. The summed E-state index contributed by atoms with van der Waals surface area (Å²) in [6.45, 7) is 1.50. The molecule has 142 valence electrons. The molecule has 2 aromatic rings. The van der Waals surface area contributed by atoms with Crippen LogP contribution in [-0.4, -0.2) is 47.0 Å². The standard InChI is InChI=1S/C19H21N3O4S/c23-17(15-7-10-27-12-15)21-16-5-8-22(9-6-16)19(26)20-11-13-1-3-14(4-2-13)18(24)25/h1-4,7,10,12,16H,5-6,8-9,11H2,(H,20,26)(H,21,23)(H,24,25). The van der Waals surface area contributed by atoms with E-state index in [0.29, 0.717) is 25.2 Å². The maximum atomic E-state index is 12.3. The number of carbonyl (C=O) groups excluding carboxylic acids is 2. The van der Waals surface area contributed by atoms with Gasteiger partial charge < -0.3 is 20.6 Å². The highest BCUT2D eigenvalue weighted by Crippen LogP contribution is 2.13. The second-order valence-electron chi connectivity index (χ2n) is 6.41. The number of carboxylic acids is 1. The first-order chi connectivity index (χ1) is 13.0. The molecule has 1 fully saturated rings. The smallest absolute Gasteiger partial charge is 0.335 e. The van der Waals surface area contributed by atoms with Crippen molar-refractivity contribution in [2.75, 3.05) is 13.1 Å². The third kappa shape index (κ3) is 5.07. The van der Waals surface area contributed by atoms with Gasteiger partial charge >= 0.3 is 12.0 Å². The predicted octanol–water partition coefficient (Wildman–Crippen LogP) is 2.55. The minimum absolute atomic E-state index is 0.0658. The van der Waals surface area contributed by atoms with Gasteiger partial charge in [-0.2, -0.15) is 11.3 Å². The number of aromatic carboxylic acids is 1. The molecule has 0 unspecified atom stereocenters. The zero-order valence-electron chi connectivity index (χ0n) is 14.7. The third-order valence-corrected chi connectivity index (χ3v) is 5.23. The van der Waals surface area contributed by atoms with Crippen molar-refractivity contribution in [3.8, 4) is 0 Å².